The topological polar surface area (TPSA) is 148 Å². The molecule has 9 heteroatoms. The summed E-state index contributed by atoms with van der Waals surface area (Å²) in [6.07, 6.45) is 2.07. The number of hydrogen-bond acceptors (Lipinski definition) is 8. The number of non-ortho nitro benzene ring substituents is 1. The minimum atomic E-state index is -0.489. The molecule has 0 unspecified atom stereocenters. The Morgan fingerprint density at radius 1 is 1.25 bits per heavy atom. The second-order valence-electron chi connectivity index (χ2n) is 5.46. The first kappa shape index (κ1) is 15.5. The Labute approximate surface area is 137 Å². The lowest BCUT2D eigenvalue weighted by molar-refractivity contribution is -0.384. The van der Waals surface area contributed by atoms with Gasteiger partial charge in [0.05, 0.1) is 10.6 Å². The Hall–Kier alpha value is -3.41. The molecule has 0 bridgehead atoms. The average molecular weight is 325 g/mol. The van der Waals surface area contributed by atoms with E-state index in [0.717, 1.165) is 31.6 Å². The standard InChI is InChI=1S/C15H15N7O2/c16-8-11-13(19-15(18)20-14(11)17)10-7-9(22(23)24)3-4-12(10)21-5-1-2-6-21/h3-4,7H,1-2,5-6H2,(H4,17,18,19,20). The highest BCUT2D eigenvalue weighted by Crippen LogP contribution is 2.37. The summed E-state index contributed by atoms with van der Waals surface area (Å²) < 4.78 is 0. The normalized spacial score (nSPS) is 13.7. The second kappa shape index (κ2) is 6.00. The molecule has 0 radical (unpaired) electrons. The third-order valence-corrected chi connectivity index (χ3v) is 3.96. The minimum Gasteiger partial charge on any atom is -0.382 e. The van der Waals surface area contributed by atoms with Crippen LogP contribution in [0, 0.1) is 21.4 Å². The van der Waals surface area contributed by atoms with Gasteiger partial charge in [-0.1, -0.05) is 0 Å². The van der Waals surface area contributed by atoms with Crippen LogP contribution in [-0.2, 0) is 0 Å². The summed E-state index contributed by atoms with van der Waals surface area (Å²) in [5.74, 6) is -0.126. The van der Waals surface area contributed by atoms with E-state index in [0.29, 0.717) is 5.56 Å². The Morgan fingerprint density at radius 2 is 1.96 bits per heavy atom. The van der Waals surface area contributed by atoms with Crippen molar-refractivity contribution in [1.29, 1.82) is 5.26 Å². The summed E-state index contributed by atoms with van der Waals surface area (Å²) in [7, 11) is 0. The first-order valence-electron chi connectivity index (χ1n) is 7.38. The van der Waals surface area contributed by atoms with Crippen molar-refractivity contribution in [3.8, 4) is 17.3 Å². The first-order chi connectivity index (χ1) is 11.5. The van der Waals surface area contributed by atoms with Crippen molar-refractivity contribution >= 4 is 23.1 Å². The molecule has 1 fully saturated rings. The number of rotatable bonds is 3. The molecule has 1 saturated heterocycles. The van der Waals surface area contributed by atoms with E-state index >= 15 is 0 Å². The molecule has 9 nitrogen and oxygen atoms in total. The average Bonchev–Trinajstić information content (AvgIpc) is 3.07. The van der Waals surface area contributed by atoms with E-state index < -0.39 is 4.92 Å². The van der Waals surface area contributed by atoms with Crippen molar-refractivity contribution in [2.45, 2.75) is 12.8 Å². The van der Waals surface area contributed by atoms with Crippen molar-refractivity contribution in [3.63, 3.8) is 0 Å². The highest BCUT2D eigenvalue weighted by atomic mass is 16.6. The Morgan fingerprint density at radius 3 is 2.58 bits per heavy atom. The number of nitrogens with two attached hydrogens (primary N) is 2. The number of nitrogen functional groups attached to an aromatic ring is 2. The predicted octanol–water partition coefficient (Wildman–Crippen LogP) is 1.69. The molecule has 24 heavy (non-hydrogen) atoms. The molecule has 0 saturated carbocycles. The molecule has 1 aromatic carbocycles. The van der Waals surface area contributed by atoms with E-state index in [1.165, 1.54) is 12.1 Å². The van der Waals surface area contributed by atoms with Gasteiger partial charge in [-0.25, -0.2) is 4.98 Å². The van der Waals surface area contributed by atoms with Crippen LogP contribution in [0.1, 0.15) is 18.4 Å². The highest BCUT2D eigenvalue weighted by Gasteiger charge is 2.23. The monoisotopic (exact) mass is 325 g/mol. The van der Waals surface area contributed by atoms with Gasteiger partial charge in [-0.3, -0.25) is 10.1 Å². The lowest BCUT2D eigenvalue weighted by atomic mass is 10.0. The fourth-order valence-electron chi connectivity index (χ4n) is 2.86. The number of anilines is 3. The maximum Gasteiger partial charge on any atom is 0.270 e. The van der Waals surface area contributed by atoms with Crippen molar-refractivity contribution in [2.75, 3.05) is 29.5 Å². The van der Waals surface area contributed by atoms with Gasteiger partial charge in [-0.2, -0.15) is 10.2 Å². The Kier molecular flexibility index (Phi) is 3.87. The third kappa shape index (κ3) is 2.65. The van der Waals surface area contributed by atoms with Gasteiger partial charge in [0.25, 0.3) is 5.69 Å². The smallest absolute Gasteiger partial charge is 0.270 e. The summed E-state index contributed by atoms with van der Waals surface area (Å²) in [6.45, 7) is 1.67. The van der Waals surface area contributed by atoms with Crippen LogP contribution in [0.15, 0.2) is 18.2 Å². The van der Waals surface area contributed by atoms with Crippen LogP contribution in [0.2, 0.25) is 0 Å². The van der Waals surface area contributed by atoms with Gasteiger partial charge in [0.1, 0.15) is 17.5 Å². The van der Waals surface area contributed by atoms with Crippen LogP contribution < -0.4 is 16.4 Å². The van der Waals surface area contributed by atoms with Gasteiger partial charge in [-0.05, 0) is 18.9 Å². The molecule has 0 atom stereocenters. The first-order valence-corrected chi connectivity index (χ1v) is 7.38. The van der Waals surface area contributed by atoms with Crippen LogP contribution in [0.3, 0.4) is 0 Å². The zero-order chi connectivity index (χ0) is 17.3. The zero-order valence-corrected chi connectivity index (χ0v) is 12.8. The maximum absolute atomic E-state index is 11.2. The molecule has 122 valence electrons. The molecule has 3 rings (SSSR count). The minimum absolute atomic E-state index is 0.0427. The summed E-state index contributed by atoms with van der Waals surface area (Å²) in [4.78, 5) is 20.7. The number of nitriles is 1. The van der Waals surface area contributed by atoms with Gasteiger partial charge in [0.15, 0.2) is 0 Å². The van der Waals surface area contributed by atoms with Gasteiger partial charge in [0.2, 0.25) is 5.95 Å². The number of benzene rings is 1. The lowest BCUT2D eigenvalue weighted by Gasteiger charge is -2.21. The Balaban J connectivity index is 2.27. The van der Waals surface area contributed by atoms with Gasteiger partial charge >= 0.3 is 0 Å². The maximum atomic E-state index is 11.2. The van der Waals surface area contributed by atoms with E-state index in [4.69, 9.17) is 11.5 Å². The van der Waals surface area contributed by atoms with Crippen molar-refractivity contribution < 1.29 is 4.92 Å². The molecule has 1 aromatic heterocycles. The predicted molar refractivity (Wildman–Crippen MR) is 89.1 cm³/mol. The summed E-state index contributed by atoms with van der Waals surface area (Å²) in [5.41, 5.74) is 12.9. The molecule has 1 aliphatic rings. The molecule has 0 spiro atoms. The number of nitrogens with zero attached hydrogens (tertiary/aromatic N) is 5. The van der Waals surface area contributed by atoms with E-state index in [2.05, 4.69) is 14.9 Å². The number of aromatic nitrogens is 2. The van der Waals surface area contributed by atoms with Crippen molar-refractivity contribution in [1.82, 2.24) is 9.97 Å². The lowest BCUT2D eigenvalue weighted by Crippen LogP contribution is -2.19. The van der Waals surface area contributed by atoms with Crippen molar-refractivity contribution in [3.05, 3.63) is 33.9 Å². The number of nitro groups is 1. The van der Waals surface area contributed by atoms with Gasteiger partial charge in [0, 0.05) is 36.5 Å². The summed E-state index contributed by atoms with van der Waals surface area (Å²) in [5, 5.41) is 20.5. The molecule has 0 aliphatic carbocycles. The zero-order valence-electron chi connectivity index (χ0n) is 12.8. The fourth-order valence-corrected chi connectivity index (χ4v) is 2.86. The highest BCUT2D eigenvalue weighted by molar-refractivity contribution is 5.84. The van der Waals surface area contributed by atoms with E-state index in [9.17, 15) is 15.4 Å². The SMILES string of the molecule is N#Cc1c(N)nc(N)nc1-c1cc([N+](=O)[O-])ccc1N1CCCC1. The molecular weight excluding hydrogens is 310 g/mol. The van der Waals surface area contributed by atoms with E-state index in [1.54, 1.807) is 6.07 Å². The van der Waals surface area contributed by atoms with Crippen LogP contribution in [-0.4, -0.2) is 28.0 Å². The fraction of sp³-hybridized carbons (Fsp3) is 0.267. The summed E-state index contributed by atoms with van der Waals surface area (Å²) in [6, 6.07) is 6.48. The molecule has 2 heterocycles. The molecule has 0 amide bonds. The van der Waals surface area contributed by atoms with Crippen LogP contribution in [0.25, 0.3) is 11.3 Å². The molecular formula is C15H15N7O2. The summed E-state index contributed by atoms with van der Waals surface area (Å²) >= 11 is 0. The number of nitro benzene ring substituents is 1. The van der Waals surface area contributed by atoms with Crippen molar-refractivity contribution in [2.24, 2.45) is 0 Å². The third-order valence-electron chi connectivity index (χ3n) is 3.96. The van der Waals surface area contributed by atoms with Crippen LogP contribution in [0.4, 0.5) is 23.1 Å². The molecule has 4 N–H and O–H groups in total. The molecule has 1 aliphatic heterocycles. The number of hydrogen-bond donors (Lipinski definition) is 2. The van der Waals surface area contributed by atoms with E-state index in [-0.39, 0.29) is 28.7 Å². The van der Waals surface area contributed by atoms with E-state index in [1.807, 2.05) is 6.07 Å². The second-order valence-corrected chi connectivity index (χ2v) is 5.46. The van der Waals surface area contributed by atoms with Gasteiger partial charge in [-0.15, -0.1) is 0 Å². The Bertz CT molecular complexity index is 854. The van der Waals surface area contributed by atoms with Crippen LogP contribution in [0.5, 0.6) is 0 Å². The quantitative estimate of drug-likeness (QED) is 0.639. The molecule has 2 aromatic rings. The largest absolute Gasteiger partial charge is 0.382 e. The van der Waals surface area contributed by atoms with Crippen LogP contribution >= 0.6 is 0 Å². The van der Waals surface area contributed by atoms with Gasteiger partial charge < -0.3 is 16.4 Å².